The van der Waals surface area contributed by atoms with Crippen molar-refractivity contribution in [3.05, 3.63) is 53.7 Å². The van der Waals surface area contributed by atoms with Crippen LogP contribution in [0.5, 0.6) is 0 Å². The van der Waals surface area contributed by atoms with E-state index < -0.39 is 5.97 Å². The minimum absolute atomic E-state index is 0.0737. The van der Waals surface area contributed by atoms with Gasteiger partial charge in [-0.15, -0.1) is 0 Å². The molecule has 5 heteroatoms. The Labute approximate surface area is 104 Å². The van der Waals surface area contributed by atoms with Crippen LogP contribution >= 0.6 is 0 Å². The molecule has 2 N–H and O–H groups in total. The summed E-state index contributed by atoms with van der Waals surface area (Å²) < 4.78 is 5.15. The van der Waals surface area contributed by atoms with Crippen molar-refractivity contribution in [3.63, 3.8) is 0 Å². The van der Waals surface area contributed by atoms with Crippen molar-refractivity contribution in [3.8, 4) is 0 Å². The van der Waals surface area contributed by atoms with Gasteiger partial charge in [-0.1, -0.05) is 6.07 Å². The van der Waals surface area contributed by atoms with Crippen LogP contribution in [0.4, 0.5) is 0 Å². The van der Waals surface area contributed by atoms with Gasteiger partial charge in [0.2, 0.25) is 0 Å². The third-order valence-electron chi connectivity index (χ3n) is 2.61. The molecule has 0 aromatic carbocycles. The van der Waals surface area contributed by atoms with Gasteiger partial charge in [0.25, 0.3) is 0 Å². The first kappa shape index (κ1) is 12.3. The molecule has 0 aliphatic heterocycles. The normalized spacial score (nSPS) is 12.3. The number of nitrogens with one attached hydrogen (secondary N) is 1. The summed E-state index contributed by atoms with van der Waals surface area (Å²) >= 11 is 0. The maximum atomic E-state index is 10.7. The summed E-state index contributed by atoms with van der Waals surface area (Å²) in [6, 6.07) is 7.31. The van der Waals surface area contributed by atoms with Crippen molar-refractivity contribution >= 4 is 5.97 Å². The lowest BCUT2D eigenvalue weighted by atomic mass is 10.2. The lowest BCUT2D eigenvalue weighted by molar-refractivity contribution is 0.0696. The predicted molar refractivity (Wildman–Crippen MR) is 65.2 cm³/mol. The van der Waals surface area contributed by atoms with E-state index in [-0.39, 0.29) is 11.6 Å². The molecule has 2 aromatic rings. The first-order valence-electron chi connectivity index (χ1n) is 5.62. The fourth-order valence-corrected chi connectivity index (χ4v) is 1.58. The number of carboxylic acids is 1. The molecule has 0 saturated carbocycles. The number of pyridine rings is 1. The fourth-order valence-electron chi connectivity index (χ4n) is 1.58. The van der Waals surface area contributed by atoms with Crippen LogP contribution in [0.25, 0.3) is 0 Å². The van der Waals surface area contributed by atoms with Gasteiger partial charge in [0, 0.05) is 12.2 Å². The van der Waals surface area contributed by atoms with Gasteiger partial charge in [0.15, 0.2) is 0 Å². The van der Waals surface area contributed by atoms with E-state index in [9.17, 15) is 4.79 Å². The molecule has 0 bridgehead atoms. The third kappa shape index (κ3) is 2.95. The maximum Gasteiger partial charge on any atom is 0.338 e. The average molecular weight is 246 g/mol. The Morgan fingerprint density at radius 2 is 2.39 bits per heavy atom. The van der Waals surface area contributed by atoms with Gasteiger partial charge in [-0.3, -0.25) is 4.98 Å². The molecule has 94 valence electrons. The molecule has 1 unspecified atom stereocenters. The largest absolute Gasteiger partial charge is 0.478 e. The number of furan rings is 1. The molecular weight excluding hydrogens is 232 g/mol. The molecular formula is C13H14N2O3. The summed E-state index contributed by atoms with van der Waals surface area (Å²) in [5, 5.41) is 12.0. The van der Waals surface area contributed by atoms with Gasteiger partial charge >= 0.3 is 5.97 Å². The van der Waals surface area contributed by atoms with Crippen molar-refractivity contribution in [2.75, 3.05) is 0 Å². The number of aromatic nitrogens is 1. The zero-order chi connectivity index (χ0) is 13.0. The number of aromatic carboxylic acids is 1. The van der Waals surface area contributed by atoms with Crippen molar-refractivity contribution in [1.29, 1.82) is 0 Å². The van der Waals surface area contributed by atoms with Gasteiger partial charge in [0.05, 0.1) is 17.8 Å². The van der Waals surface area contributed by atoms with Gasteiger partial charge < -0.3 is 14.8 Å². The Morgan fingerprint density at radius 1 is 1.56 bits per heavy atom. The summed E-state index contributed by atoms with van der Waals surface area (Å²) in [7, 11) is 0. The van der Waals surface area contributed by atoms with E-state index in [1.807, 2.05) is 25.1 Å². The second-order valence-electron chi connectivity index (χ2n) is 3.96. The number of hydrogen-bond acceptors (Lipinski definition) is 4. The Balaban J connectivity index is 1.93. The molecule has 0 aliphatic carbocycles. The Morgan fingerprint density at radius 3 is 3.00 bits per heavy atom. The number of rotatable bonds is 5. The first-order valence-corrected chi connectivity index (χ1v) is 5.62. The van der Waals surface area contributed by atoms with Crippen LogP contribution in [-0.2, 0) is 6.54 Å². The van der Waals surface area contributed by atoms with E-state index in [2.05, 4.69) is 10.3 Å². The van der Waals surface area contributed by atoms with Crippen LogP contribution in [0.15, 0.2) is 41.1 Å². The molecule has 0 amide bonds. The Hall–Kier alpha value is -2.14. The van der Waals surface area contributed by atoms with Crippen LogP contribution in [0.1, 0.15) is 34.8 Å². The number of carboxylic acid groups (broad SMARTS) is 1. The highest BCUT2D eigenvalue weighted by molar-refractivity contribution is 5.87. The molecule has 5 nitrogen and oxygen atoms in total. The predicted octanol–water partition coefficient (Wildman–Crippen LogP) is 2.22. The topological polar surface area (TPSA) is 75.4 Å². The van der Waals surface area contributed by atoms with Crippen LogP contribution in [0.3, 0.4) is 0 Å². The summed E-state index contributed by atoms with van der Waals surface area (Å²) in [6.07, 6.45) is 2.98. The summed E-state index contributed by atoms with van der Waals surface area (Å²) in [4.78, 5) is 14.9. The van der Waals surface area contributed by atoms with Gasteiger partial charge in [-0.25, -0.2) is 4.79 Å². The summed E-state index contributed by atoms with van der Waals surface area (Å²) in [5.74, 6) is -0.391. The SMILES string of the molecule is CC(NCc1cc(C(=O)O)co1)c1ccccn1. The van der Waals surface area contributed by atoms with E-state index in [1.54, 1.807) is 6.20 Å². The van der Waals surface area contributed by atoms with Gasteiger partial charge in [-0.2, -0.15) is 0 Å². The average Bonchev–Trinajstić information content (AvgIpc) is 2.86. The highest BCUT2D eigenvalue weighted by Crippen LogP contribution is 2.11. The van der Waals surface area contributed by atoms with Crippen LogP contribution in [0, 0.1) is 0 Å². The molecule has 0 radical (unpaired) electrons. The van der Waals surface area contributed by atoms with Crippen LogP contribution in [0.2, 0.25) is 0 Å². The molecule has 2 heterocycles. The van der Waals surface area contributed by atoms with E-state index in [1.165, 1.54) is 12.3 Å². The second kappa shape index (κ2) is 5.46. The van der Waals surface area contributed by atoms with E-state index >= 15 is 0 Å². The number of nitrogens with zero attached hydrogens (tertiary/aromatic N) is 1. The molecule has 1 atom stereocenters. The summed E-state index contributed by atoms with van der Waals surface area (Å²) in [5.41, 5.74) is 1.10. The summed E-state index contributed by atoms with van der Waals surface area (Å²) in [6.45, 7) is 2.45. The molecule has 0 spiro atoms. The highest BCUT2D eigenvalue weighted by Gasteiger charge is 2.10. The molecule has 0 fully saturated rings. The van der Waals surface area contributed by atoms with Crippen molar-refractivity contribution < 1.29 is 14.3 Å². The van der Waals surface area contributed by atoms with Gasteiger partial charge in [-0.05, 0) is 25.1 Å². The van der Waals surface area contributed by atoms with Crippen LogP contribution < -0.4 is 5.32 Å². The molecule has 2 rings (SSSR count). The van der Waals surface area contributed by atoms with Crippen molar-refractivity contribution in [2.45, 2.75) is 19.5 Å². The first-order chi connectivity index (χ1) is 8.66. The third-order valence-corrected chi connectivity index (χ3v) is 2.61. The standard InChI is InChI=1S/C13H14N2O3/c1-9(12-4-2-3-5-14-12)15-7-11-6-10(8-18-11)13(16)17/h2-6,8-9,15H,7H2,1H3,(H,16,17). The Bertz CT molecular complexity index is 522. The van der Waals surface area contributed by atoms with E-state index in [4.69, 9.17) is 9.52 Å². The molecule has 0 saturated heterocycles. The lowest BCUT2D eigenvalue weighted by Gasteiger charge is -2.11. The Kier molecular flexibility index (Phi) is 3.74. The minimum Gasteiger partial charge on any atom is -0.478 e. The molecule has 18 heavy (non-hydrogen) atoms. The minimum atomic E-state index is -0.984. The highest BCUT2D eigenvalue weighted by atomic mass is 16.4. The quantitative estimate of drug-likeness (QED) is 0.846. The van der Waals surface area contributed by atoms with Crippen molar-refractivity contribution in [1.82, 2.24) is 10.3 Å². The van der Waals surface area contributed by atoms with E-state index in [0.717, 1.165) is 5.69 Å². The van der Waals surface area contributed by atoms with Crippen molar-refractivity contribution in [2.24, 2.45) is 0 Å². The molecule has 0 aliphatic rings. The molecule has 2 aromatic heterocycles. The second-order valence-corrected chi connectivity index (χ2v) is 3.96. The zero-order valence-corrected chi connectivity index (χ0v) is 9.96. The zero-order valence-electron chi connectivity index (χ0n) is 9.96. The van der Waals surface area contributed by atoms with Gasteiger partial charge in [0.1, 0.15) is 12.0 Å². The van der Waals surface area contributed by atoms with Crippen LogP contribution in [-0.4, -0.2) is 16.1 Å². The maximum absolute atomic E-state index is 10.7. The van der Waals surface area contributed by atoms with E-state index in [0.29, 0.717) is 12.3 Å². The lowest BCUT2D eigenvalue weighted by Crippen LogP contribution is -2.18. The number of carbonyl (C=O) groups is 1. The monoisotopic (exact) mass is 246 g/mol. The number of hydrogen-bond donors (Lipinski definition) is 2. The smallest absolute Gasteiger partial charge is 0.338 e. The fraction of sp³-hybridized carbons (Fsp3) is 0.231.